The van der Waals surface area contributed by atoms with E-state index in [0.29, 0.717) is 19.6 Å². The zero-order valence-corrected chi connectivity index (χ0v) is 9.61. The summed E-state index contributed by atoms with van der Waals surface area (Å²) in [4.78, 5) is 13.7. The maximum Gasteiger partial charge on any atom is 0.225 e. The monoisotopic (exact) mass is 210 g/mol. The Morgan fingerprint density at radius 2 is 1.93 bits per heavy atom. The minimum atomic E-state index is 0.0356. The molecule has 0 radical (unpaired) electrons. The van der Waals surface area contributed by atoms with Crippen molar-refractivity contribution in [2.45, 2.75) is 19.8 Å². The van der Waals surface area contributed by atoms with E-state index in [1.54, 1.807) is 17.1 Å². The summed E-state index contributed by atoms with van der Waals surface area (Å²) in [5.41, 5.74) is 5.41. The summed E-state index contributed by atoms with van der Waals surface area (Å²) in [6, 6.07) is 0. The van der Waals surface area contributed by atoms with Gasteiger partial charge in [0.05, 0.1) is 0 Å². The predicted molar refractivity (Wildman–Crippen MR) is 64.4 cm³/mol. The summed E-state index contributed by atoms with van der Waals surface area (Å²) in [5, 5.41) is 0. The highest BCUT2D eigenvalue weighted by atomic mass is 16.2. The average Bonchev–Trinajstić information content (AvgIpc) is 2.24. The number of hydrogen-bond donors (Lipinski definition) is 1. The van der Waals surface area contributed by atoms with Gasteiger partial charge in [0.2, 0.25) is 5.91 Å². The second-order valence-electron chi connectivity index (χ2n) is 3.65. The van der Waals surface area contributed by atoms with Crippen molar-refractivity contribution in [3.63, 3.8) is 0 Å². The minimum Gasteiger partial charge on any atom is -0.335 e. The molecular weight excluding hydrogens is 188 g/mol. The van der Waals surface area contributed by atoms with Crippen LogP contribution in [0.2, 0.25) is 0 Å². The van der Waals surface area contributed by atoms with Crippen LogP contribution in [-0.2, 0) is 4.79 Å². The zero-order valence-electron chi connectivity index (χ0n) is 9.61. The highest BCUT2D eigenvalue weighted by Crippen LogP contribution is 2.09. The summed E-state index contributed by atoms with van der Waals surface area (Å²) in [6.45, 7) is 11.0. The Morgan fingerprint density at radius 1 is 1.40 bits per heavy atom. The number of nitrogens with two attached hydrogens (primary N) is 1. The lowest BCUT2D eigenvalue weighted by atomic mass is 10.0. The van der Waals surface area contributed by atoms with E-state index in [2.05, 4.69) is 13.2 Å². The topological polar surface area (TPSA) is 46.3 Å². The van der Waals surface area contributed by atoms with Crippen molar-refractivity contribution >= 4 is 5.91 Å². The van der Waals surface area contributed by atoms with Crippen LogP contribution in [0.5, 0.6) is 0 Å². The molecule has 0 bridgehead atoms. The van der Waals surface area contributed by atoms with Gasteiger partial charge >= 0.3 is 0 Å². The van der Waals surface area contributed by atoms with Crippen LogP contribution in [-0.4, -0.2) is 30.4 Å². The second kappa shape index (κ2) is 8.24. The molecule has 2 N–H and O–H groups in total. The van der Waals surface area contributed by atoms with Gasteiger partial charge in [-0.1, -0.05) is 19.1 Å². The molecule has 0 aliphatic heterocycles. The Kier molecular flexibility index (Phi) is 7.64. The van der Waals surface area contributed by atoms with Gasteiger partial charge in [-0.3, -0.25) is 4.79 Å². The highest BCUT2D eigenvalue weighted by Gasteiger charge is 2.17. The van der Waals surface area contributed by atoms with Crippen molar-refractivity contribution in [3.8, 4) is 0 Å². The van der Waals surface area contributed by atoms with Gasteiger partial charge in [-0.25, -0.2) is 0 Å². The van der Waals surface area contributed by atoms with Crippen LogP contribution in [0.3, 0.4) is 0 Å². The van der Waals surface area contributed by atoms with Crippen molar-refractivity contribution in [2.24, 2.45) is 11.7 Å². The smallest absolute Gasteiger partial charge is 0.225 e. The maximum absolute atomic E-state index is 11.9. The molecule has 3 nitrogen and oxygen atoms in total. The molecule has 0 spiro atoms. The maximum atomic E-state index is 11.9. The largest absolute Gasteiger partial charge is 0.335 e. The number of carbonyl (C=O) groups excluding carboxylic acids is 1. The molecule has 0 aromatic carbocycles. The quantitative estimate of drug-likeness (QED) is 0.618. The fourth-order valence-corrected chi connectivity index (χ4v) is 1.43. The molecule has 0 aromatic rings. The standard InChI is InChI=1S/C12H22N2O/c1-4-9-14(10-5-2)12(15)11(3)7-6-8-13/h4-5,11H,1-2,6-10,13H2,3H3. The van der Waals surface area contributed by atoms with Crippen LogP contribution in [0, 0.1) is 5.92 Å². The van der Waals surface area contributed by atoms with Crippen LogP contribution in [0.4, 0.5) is 0 Å². The zero-order chi connectivity index (χ0) is 11.7. The molecule has 0 saturated carbocycles. The fourth-order valence-electron chi connectivity index (χ4n) is 1.43. The normalized spacial score (nSPS) is 11.9. The molecule has 0 rings (SSSR count). The number of rotatable bonds is 8. The number of carbonyl (C=O) groups is 1. The molecule has 15 heavy (non-hydrogen) atoms. The Labute approximate surface area is 92.6 Å². The van der Waals surface area contributed by atoms with Crippen LogP contribution in [0.15, 0.2) is 25.3 Å². The van der Waals surface area contributed by atoms with Crippen molar-refractivity contribution in [2.75, 3.05) is 19.6 Å². The first kappa shape index (κ1) is 13.9. The van der Waals surface area contributed by atoms with E-state index < -0.39 is 0 Å². The molecule has 1 unspecified atom stereocenters. The molecule has 0 aliphatic rings. The summed E-state index contributed by atoms with van der Waals surface area (Å²) in [6.07, 6.45) is 5.21. The lowest BCUT2D eigenvalue weighted by Crippen LogP contribution is -2.35. The SMILES string of the molecule is C=CCN(CC=C)C(=O)C(C)CCCN. The molecule has 1 atom stereocenters. The molecule has 0 aliphatic carbocycles. The minimum absolute atomic E-state index is 0.0356. The third-order valence-corrected chi connectivity index (χ3v) is 2.27. The summed E-state index contributed by atoms with van der Waals surface area (Å²) >= 11 is 0. The van der Waals surface area contributed by atoms with Gasteiger partial charge in [0, 0.05) is 19.0 Å². The second-order valence-corrected chi connectivity index (χ2v) is 3.65. The lowest BCUT2D eigenvalue weighted by Gasteiger charge is -2.23. The Bertz CT molecular complexity index is 204. The molecular formula is C12H22N2O. The van der Waals surface area contributed by atoms with E-state index in [1.807, 2.05) is 6.92 Å². The van der Waals surface area contributed by atoms with Gasteiger partial charge in [-0.2, -0.15) is 0 Å². The number of nitrogens with zero attached hydrogens (tertiary/aromatic N) is 1. The van der Waals surface area contributed by atoms with Crippen molar-refractivity contribution in [1.82, 2.24) is 4.90 Å². The summed E-state index contributed by atoms with van der Waals surface area (Å²) in [7, 11) is 0. The first-order valence-corrected chi connectivity index (χ1v) is 5.38. The summed E-state index contributed by atoms with van der Waals surface area (Å²) in [5.74, 6) is 0.191. The molecule has 0 saturated heterocycles. The van der Waals surface area contributed by atoms with E-state index >= 15 is 0 Å². The number of amides is 1. The average molecular weight is 210 g/mol. The Balaban J connectivity index is 4.20. The van der Waals surface area contributed by atoms with Crippen LogP contribution < -0.4 is 5.73 Å². The van der Waals surface area contributed by atoms with E-state index in [0.717, 1.165) is 12.8 Å². The van der Waals surface area contributed by atoms with Crippen LogP contribution >= 0.6 is 0 Å². The fraction of sp³-hybridized carbons (Fsp3) is 0.583. The van der Waals surface area contributed by atoms with Crippen molar-refractivity contribution < 1.29 is 4.79 Å². The van der Waals surface area contributed by atoms with Gasteiger partial charge in [0.1, 0.15) is 0 Å². The highest BCUT2D eigenvalue weighted by molar-refractivity contribution is 5.78. The Hall–Kier alpha value is -1.09. The molecule has 0 aromatic heterocycles. The van der Waals surface area contributed by atoms with Gasteiger partial charge in [0.25, 0.3) is 0 Å². The van der Waals surface area contributed by atoms with E-state index in [-0.39, 0.29) is 11.8 Å². The molecule has 0 heterocycles. The lowest BCUT2D eigenvalue weighted by molar-refractivity contribution is -0.134. The van der Waals surface area contributed by atoms with Gasteiger partial charge in [-0.05, 0) is 19.4 Å². The third kappa shape index (κ3) is 5.37. The van der Waals surface area contributed by atoms with Gasteiger partial charge in [-0.15, -0.1) is 13.2 Å². The van der Waals surface area contributed by atoms with Crippen molar-refractivity contribution in [3.05, 3.63) is 25.3 Å². The molecule has 86 valence electrons. The van der Waals surface area contributed by atoms with Crippen molar-refractivity contribution in [1.29, 1.82) is 0 Å². The first-order chi connectivity index (χ1) is 7.17. The van der Waals surface area contributed by atoms with Gasteiger partial charge in [0.15, 0.2) is 0 Å². The predicted octanol–water partition coefficient (Wildman–Crippen LogP) is 1.56. The first-order valence-electron chi connectivity index (χ1n) is 5.38. The van der Waals surface area contributed by atoms with Crippen LogP contribution in [0.25, 0.3) is 0 Å². The van der Waals surface area contributed by atoms with E-state index in [4.69, 9.17) is 5.73 Å². The van der Waals surface area contributed by atoms with E-state index in [1.165, 1.54) is 0 Å². The third-order valence-electron chi connectivity index (χ3n) is 2.27. The van der Waals surface area contributed by atoms with E-state index in [9.17, 15) is 4.79 Å². The summed E-state index contributed by atoms with van der Waals surface area (Å²) < 4.78 is 0. The molecule has 3 heteroatoms. The molecule has 1 amide bonds. The van der Waals surface area contributed by atoms with Gasteiger partial charge < -0.3 is 10.6 Å². The van der Waals surface area contributed by atoms with Crippen LogP contribution in [0.1, 0.15) is 19.8 Å². The molecule has 0 fully saturated rings. The number of hydrogen-bond acceptors (Lipinski definition) is 2. The Morgan fingerprint density at radius 3 is 2.33 bits per heavy atom.